The van der Waals surface area contributed by atoms with Crippen molar-refractivity contribution >= 4 is 0 Å². The van der Waals surface area contributed by atoms with Crippen molar-refractivity contribution in [2.45, 2.75) is 58.5 Å². The van der Waals surface area contributed by atoms with E-state index >= 15 is 0 Å². The summed E-state index contributed by atoms with van der Waals surface area (Å²) in [4.78, 5) is 0. The molecule has 2 unspecified atom stereocenters. The number of hydrogen-bond acceptors (Lipinski definition) is 1. The molecule has 1 aliphatic carbocycles. The van der Waals surface area contributed by atoms with Gasteiger partial charge in [0, 0.05) is 0 Å². The highest BCUT2D eigenvalue weighted by atomic mass is 16.3. The average molecular weight is 246 g/mol. The third-order valence-electron chi connectivity index (χ3n) is 4.08. The SMILES string of the molecule is CC(C)Cc1cccc(C2(O)CCCC(C)C2)c1. The van der Waals surface area contributed by atoms with Crippen LogP contribution in [0.1, 0.15) is 57.6 Å². The first-order valence-electron chi connectivity index (χ1n) is 7.31. The Bertz CT molecular complexity index is 396. The van der Waals surface area contributed by atoms with E-state index in [4.69, 9.17) is 0 Å². The lowest BCUT2D eigenvalue weighted by molar-refractivity contribution is -0.0179. The van der Waals surface area contributed by atoms with Gasteiger partial charge >= 0.3 is 0 Å². The van der Waals surface area contributed by atoms with Crippen LogP contribution in [0.4, 0.5) is 0 Å². The van der Waals surface area contributed by atoms with Gasteiger partial charge in [0.05, 0.1) is 5.60 Å². The van der Waals surface area contributed by atoms with Gasteiger partial charge in [-0.2, -0.15) is 0 Å². The number of hydrogen-bond donors (Lipinski definition) is 1. The van der Waals surface area contributed by atoms with Gasteiger partial charge < -0.3 is 5.11 Å². The van der Waals surface area contributed by atoms with Crippen molar-refractivity contribution in [3.63, 3.8) is 0 Å². The maximum atomic E-state index is 10.9. The smallest absolute Gasteiger partial charge is 0.0899 e. The monoisotopic (exact) mass is 246 g/mol. The van der Waals surface area contributed by atoms with Crippen LogP contribution in [0.3, 0.4) is 0 Å². The molecule has 18 heavy (non-hydrogen) atoms. The summed E-state index contributed by atoms with van der Waals surface area (Å²) in [6.07, 6.45) is 5.33. The van der Waals surface area contributed by atoms with E-state index < -0.39 is 5.60 Å². The van der Waals surface area contributed by atoms with Crippen molar-refractivity contribution in [3.8, 4) is 0 Å². The number of aliphatic hydroxyl groups is 1. The lowest BCUT2D eigenvalue weighted by atomic mass is 9.75. The van der Waals surface area contributed by atoms with Crippen LogP contribution in [0.15, 0.2) is 24.3 Å². The van der Waals surface area contributed by atoms with Gasteiger partial charge in [0.1, 0.15) is 0 Å². The Morgan fingerprint density at radius 3 is 2.83 bits per heavy atom. The maximum Gasteiger partial charge on any atom is 0.0899 e. The molecule has 1 aliphatic rings. The highest BCUT2D eigenvalue weighted by Crippen LogP contribution is 2.39. The van der Waals surface area contributed by atoms with Gasteiger partial charge in [0.2, 0.25) is 0 Å². The molecule has 1 nitrogen and oxygen atoms in total. The second kappa shape index (κ2) is 5.44. The van der Waals surface area contributed by atoms with E-state index in [1.54, 1.807) is 0 Å². The molecule has 1 saturated carbocycles. The largest absolute Gasteiger partial charge is 0.385 e. The van der Waals surface area contributed by atoms with Crippen LogP contribution in [0.25, 0.3) is 0 Å². The van der Waals surface area contributed by atoms with E-state index in [0.29, 0.717) is 11.8 Å². The molecular weight excluding hydrogens is 220 g/mol. The van der Waals surface area contributed by atoms with E-state index in [2.05, 4.69) is 45.0 Å². The Balaban J connectivity index is 2.21. The van der Waals surface area contributed by atoms with Crippen molar-refractivity contribution in [3.05, 3.63) is 35.4 Å². The molecule has 0 radical (unpaired) electrons. The normalized spacial score (nSPS) is 28.6. The first-order chi connectivity index (χ1) is 8.49. The summed E-state index contributed by atoms with van der Waals surface area (Å²) in [7, 11) is 0. The highest BCUT2D eigenvalue weighted by Gasteiger charge is 2.34. The molecular formula is C17H26O. The average Bonchev–Trinajstić information content (AvgIpc) is 2.28. The van der Waals surface area contributed by atoms with E-state index in [-0.39, 0.29) is 0 Å². The standard InChI is InChI=1S/C17H26O/c1-13(2)10-15-7-4-8-16(11-15)17(18)9-5-6-14(3)12-17/h4,7-8,11,13-14,18H,5-6,9-10,12H2,1-3H3. The van der Waals surface area contributed by atoms with Gasteiger partial charge in [0.15, 0.2) is 0 Å². The van der Waals surface area contributed by atoms with Crippen LogP contribution in [-0.2, 0) is 12.0 Å². The van der Waals surface area contributed by atoms with Gasteiger partial charge in [-0.25, -0.2) is 0 Å². The van der Waals surface area contributed by atoms with Crippen LogP contribution < -0.4 is 0 Å². The molecule has 0 bridgehead atoms. The summed E-state index contributed by atoms with van der Waals surface area (Å²) in [5.74, 6) is 1.30. The Hall–Kier alpha value is -0.820. The fraction of sp³-hybridized carbons (Fsp3) is 0.647. The summed E-state index contributed by atoms with van der Waals surface area (Å²) < 4.78 is 0. The van der Waals surface area contributed by atoms with E-state index in [9.17, 15) is 5.11 Å². The van der Waals surface area contributed by atoms with Crippen molar-refractivity contribution in [2.24, 2.45) is 11.8 Å². The summed E-state index contributed by atoms with van der Waals surface area (Å²) in [5.41, 5.74) is 1.91. The molecule has 1 fully saturated rings. The Labute approximate surface area is 111 Å². The minimum absolute atomic E-state index is 0.579. The molecule has 2 atom stereocenters. The summed E-state index contributed by atoms with van der Waals surface area (Å²) >= 11 is 0. The predicted molar refractivity (Wildman–Crippen MR) is 76.5 cm³/mol. The maximum absolute atomic E-state index is 10.9. The molecule has 0 aromatic heterocycles. The second-order valence-corrected chi connectivity index (χ2v) is 6.53. The van der Waals surface area contributed by atoms with Crippen molar-refractivity contribution < 1.29 is 5.11 Å². The van der Waals surface area contributed by atoms with Crippen LogP contribution in [0.5, 0.6) is 0 Å². The van der Waals surface area contributed by atoms with Crippen LogP contribution in [0, 0.1) is 11.8 Å². The molecule has 1 aromatic rings. The molecule has 1 aromatic carbocycles. The molecule has 0 amide bonds. The van der Waals surface area contributed by atoms with Gasteiger partial charge in [-0.15, -0.1) is 0 Å². The van der Waals surface area contributed by atoms with E-state index in [1.807, 2.05) is 0 Å². The van der Waals surface area contributed by atoms with Gasteiger partial charge in [-0.3, -0.25) is 0 Å². The summed E-state index contributed by atoms with van der Waals surface area (Å²) in [5, 5.41) is 10.9. The van der Waals surface area contributed by atoms with Crippen molar-refractivity contribution in [2.75, 3.05) is 0 Å². The molecule has 100 valence electrons. The highest BCUT2D eigenvalue weighted by molar-refractivity contribution is 5.29. The molecule has 0 aliphatic heterocycles. The lowest BCUT2D eigenvalue weighted by Crippen LogP contribution is -2.31. The predicted octanol–water partition coefficient (Wildman–Crippen LogP) is 4.28. The van der Waals surface area contributed by atoms with Crippen molar-refractivity contribution in [1.29, 1.82) is 0 Å². The molecule has 0 spiro atoms. The molecule has 0 saturated heterocycles. The Kier molecular flexibility index (Phi) is 4.11. The van der Waals surface area contributed by atoms with Crippen LogP contribution in [0.2, 0.25) is 0 Å². The third kappa shape index (κ3) is 3.14. The zero-order valence-electron chi connectivity index (χ0n) is 11.9. The Morgan fingerprint density at radius 1 is 1.39 bits per heavy atom. The number of benzene rings is 1. The quantitative estimate of drug-likeness (QED) is 0.844. The Morgan fingerprint density at radius 2 is 2.17 bits per heavy atom. The van der Waals surface area contributed by atoms with E-state index in [1.165, 1.54) is 12.0 Å². The molecule has 1 heteroatoms. The molecule has 1 N–H and O–H groups in total. The minimum atomic E-state index is -0.579. The lowest BCUT2D eigenvalue weighted by Gasteiger charge is -2.36. The van der Waals surface area contributed by atoms with Gasteiger partial charge in [-0.1, -0.05) is 51.5 Å². The fourth-order valence-corrected chi connectivity index (χ4v) is 3.24. The zero-order chi connectivity index (χ0) is 13.2. The first kappa shape index (κ1) is 13.6. The number of rotatable bonds is 3. The van der Waals surface area contributed by atoms with Crippen LogP contribution >= 0.6 is 0 Å². The van der Waals surface area contributed by atoms with E-state index in [0.717, 1.165) is 31.2 Å². The first-order valence-corrected chi connectivity index (χ1v) is 7.31. The second-order valence-electron chi connectivity index (χ2n) is 6.53. The van der Waals surface area contributed by atoms with Gasteiger partial charge in [-0.05, 0) is 48.6 Å². The summed E-state index contributed by atoms with van der Waals surface area (Å²) in [6, 6.07) is 8.60. The minimum Gasteiger partial charge on any atom is -0.385 e. The zero-order valence-corrected chi connectivity index (χ0v) is 11.9. The third-order valence-corrected chi connectivity index (χ3v) is 4.08. The van der Waals surface area contributed by atoms with Crippen LogP contribution in [-0.4, -0.2) is 5.11 Å². The van der Waals surface area contributed by atoms with Crippen molar-refractivity contribution in [1.82, 2.24) is 0 Å². The molecule has 0 heterocycles. The topological polar surface area (TPSA) is 20.2 Å². The van der Waals surface area contributed by atoms with Gasteiger partial charge in [0.25, 0.3) is 0 Å². The fourth-order valence-electron chi connectivity index (χ4n) is 3.24. The summed E-state index contributed by atoms with van der Waals surface area (Å²) in [6.45, 7) is 6.73. The molecule has 2 rings (SSSR count).